The van der Waals surface area contributed by atoms with Crippen LogP contribution in [0.2, 0.25) is 0 Å². The van der Waals surface area contributed by atoms with Crippen LogP contribution in [0.15, 0.2) is 29.0 Å². The van der Waals surface area contributed by atoms with Crippen molar-refractivity contribution in [3.8, 4) is 0 Å². The molecule has 84 valence electrons. The zero-order valence-corrected chi connectivity index (χ0v) is 9.18. The first-order chi connectivity index (χ1) is 7.66. The van der Waals surface area contributed by atoms with Crippen molar-refractivity contribution in [2.75, 3.05) is 18.0 Å². The summed E-state index contributed by atoms with van der Waals surface area (Å²) in [4.78, 5) is 6.49. The highest BCUT2D eigenvalue weighted by Crippen LogP contribution is 2.30. The summed E-state index contributed by atoms with van der Waals surface area (Å²) in [7, 11) is 0. The Morgan fingerprint density at radius 2 is 2.38 bits per heavy atom. The normalized spacial score (nSPS) is 25.5. The first kappa shape index (κ1) is 9.66. The molecule has 4 heteroatoms. The molecule has 1 atom stereocenters. The molecule has 3 rings (SSSR count). The lowest BCUT2D eigenvalue weighted by Crippen LogP contribution is -2.30. The fourth-order valence-electron chi connectivity index (χ4n) is 2.26. The number of fused-ring (bicyclic) bond motifs is 1. The molecule has 1 aliphatic rings. The topological polar surface area (TPSA) is 49.5 Å². The van der Waals surface area contributed by atoms with Gasteiger partial charge in [0.1, 0.15) is 11.4 Å². The monoisotopic (exact) mass is 218 g/mol. The Morgan fingerprint density at radius 3 is 3.12 bits per heavy atom. The van der Waals surface area contributed by atoms with Crippen LogP contribution in [0.3, 0.4) is 0 Å². The van der Waals surface area contributed by atoms with Crippen LogP contribution in [0, 0.1) is 0 Å². The molecule has 0 aliphatic carbocycles. The number of furan rings is 1. The van der Waals surface area contributed by atoms with Gasteiger partial charge in [-0.1, -0.05) is 0 Å². The van der Waals surface area contributed by atoms with E-state index in [1.54, 1.807) is 12.5 Å². The average molecular weight is 218 g/mol. The standard InChI is InChI=1S/C12H14N2O2/c1-12(15)4-6-14(8-12)11-9-3-7-16-10(9)2-5-13-11/h2-3,5,7,15H,4,6,8H2,1H3. The third-order valence-electron chi connectivity index (χ3n) is 3.11. The lowest BCUT2D eigenvalue weighted by molar-refractivity contribution is 0.0839. The minimum absolute atomic E-state index is 0.604. The van der Waals surface area contributed by atoms with Crippen molar-refractivity contribution < 1.29 is 9.52 Å². The van der Waals surface area contributed by atoms with Gasteiger partial charge in [0.25, 0.3) is 0 Å². The molecular formula is C12H14N2O2. The van der Waals surface area contributed by atoms with Crippen LogP contribution in [-0.2, 0) is 0 Å². The second-order valence-corrected chi connectivity index (χ2v) is 4.64. The van der Waals surface area contributed by atoms with E-state index in [4.69, 9.17) is 4.42 Å². The zero-order valence-electron chi connectivity index (χ0n) is 9.18. The molecule has 0 radical (unpaired) electrons. The Bertz CT molecular complexity index is 518. The van der Waals surface area contributed by atoms with Crippen molar-refractivity contribution in [3.05, 3.63) is 24.6 Å². The molecule has 0 saturated carbocycles. The van der Waals surface area contributed by atoms with E-state index in [1.807, 2.05) is 19.1 Å². The predicted molar refractivity (Wildman–Crippen MR) is 61.5 cm³/mol. The zero-order chi connectivity index (χ0) is 11.2. The largest absolute Gasteiger partial charge is 0.464 e. The Kier molecular flexibility index (Phi) is 1.94. The van der Waals surface area contributed by atoms with Gasteiger partial charge >= 0.3 is 0 Å². The van der Waals surface area contributed by atoms with Gasteiger partial charge in [-0.2, -0.15) is 0 Å². The van der Waals surface area contributed by atoms with Crippen molar-refractivity contribution in [3.63, 3.8) is 0 Å². The molecule has 3 heterocycles. The quantitative estimate of drug-likeness (QED) is 0.792. The summed E-state index contributed by atoms with van der Waals surface area (Å²) in [6.45, 7) is 3.33. The predicted octanol–water partition coefficient (Wildman–Crippen LogP) is 1.79. The SMILES string of the molecule is CC1(O)CCN(c2nccc3occc23)C1. The molecule has 1 fully saturated rings. The van der Waals surface area contributed by atoms with Crippen LogP contribution in [0.5, 0.6) is 0 Å². The summed E-state index contributed by atoms with van der Waals surface area (Å²) in [5.41, 5.74) is 0.240. The van der Waals surface area contributed by atoms with Crippen LogP contribution in [-0.4, -0.2) is 28.8 Å². The number of β-amino-alcohol motifs (C(OH)–C–C–N with tert-alkyl or cyclic N) is 1. The van der Waals surface area contributed by atoms with E-state index < -0.39 is 5.60 Å². The van der Waals surface area contributed by atoms with E-state index >= 15 is 0 Å². The highest BCUT2D eigenvalue weighted by Gasteiger charge is 2.32. The summed E-state index contributed by atoms with van der Waals surface area (Å²) >= 11 is 0. The minimum atomic E-state index is -0.604. The molecule has 1 N–H and O–H groups in total. The van der Waals surface area contributed by atoms with E-state index in [-0.39, 0.29) is 0 Å². The number of rotatable bonds is 1. The third-order valence-corrected chi connectivity index (χ3v) is 3.11. The highest BCUT2D eigenvalue weighted by atomic mass is 16.3. The van der Waals surface area contributed by atoms with Crippen LogP contribution in [0.25, 0.3) is 11.0 Å². The number of aliphatic hydroxyl groups is 1. The summed E-state index contributed by atoms with van der Waals surface area (Å²) in [6.07, 6.45) is 4.20. The van der Waals surface area contributed by atoms with E-state index in [1.165, 1.54) is 0 Å². The van der Waals surface area contributed by atoms with Crippen molar-refractivity contribution in [2.24, 2.45) is 0 Å². The smallest absolute Gasteiger partial charge is 0.139 e. The number of nitrogens with zero attached hydrogens (tertiary/aromatic N) is 2. The Labute approximate surface area is 93.5 Å². The molecule has 0 amide bonds. The maximum atomic E-state index is 9.96. The van der Waals surface area contributed by atoms with Gasteiger partial charge < -0.3 is 14.4 Å². The molecule has 0 spiro atoms. The number of hydrogen-bond donors (Lipinski definition) is 1. The first-order valence-corrected chi connectivity index (χ1v) is 5.45. The molecule has 1 unspecified atom stereocenters. The van der Waals surface area contributed by atoms with E-state index in [0.29, 0.717) is 6.54 Å². The molecule has 1 aliphatic heterocycles. The highest BCUT2D eigenvalue weighted by molar-refractivity contribution is 5.88. The lowest BCUT2D eigenvalue weighted by Gasteiger charge is -2.20. The van der Waals surface area contributed by atoms with E-state index in [0.717, 1.165) is 29.8 Å². The number of hydrogen-bond acceptors (Lipinski definition) is 4. The third kappa shape index (κ3) is 1.46. The molecular weight excluding hydrogens is 204 g/mol. The van der Waals surface area contributed by atoms with Gasteiger partial charge in [0.15, 0.2) is 0 Å². The molecule has 0 aromatic carbocycles. The lowest BCUT2D eigenvalue weighted by atomic mass is 10.1. The van der Waals surface area contributed by atoms with E-state index in [2.05, 4.69) is 9.88 Å². The first-order valence-electron chi connectivity index (χ1n) is 5.45. The second kappa shape index (κ2) is 3.22. The summed E-state index contributed by atoms with van der Waals surface area (Å²) in [5.74, 6) is 0.907. The maximum absolute atomic E-state index is 9.96. The van der Waals surface area contributed by atoms with Gasteiger partial charge in [0.2, 0.25) is 0 Å². The van der Waals surface area contributed by atoms with E-state index in [9.17, 15) is 5.11 Å². The van der Waals surface area contributed by atoms with Crippen LogP contribution >= 0.6 is 0 Å². The molecule has 2 aromatic heterocycles. The minimum Gasteiger partial charge on any atom is -0.464 e. The van der Waals surface area contributed by atoms with Gasteiger partial charge in [0, 0.05) is 19.3 Å². The number of pyridine rings is 1. The Hall–Kier alpha value is -1.55. The molecule has 16 heavy (non-hydrogen) atoms. The van der Waals surface area contributed by atoms with Crippen LogP contribution in [0.1, 0.15) is 13.3 Å². The molecule has 0 bridgehead atoms. The summed E-state index contributed by atoms with van der Waals surface area (Å²) in [6, 6.07) is 3.78. The number of anilines is 1. The van der Waals surface area contributed by atoms with Gasteiger partial charge in [-0.3, -0.25) is 0 Å². The van der Waals surface area contributed by atoms with Crippen molar-refractivity contribution in [2.45, 2.75) is 18.9 Å². The summed E-state index contributed by atoms with van der Waals surface area (Å²) < 4.78 is 5.34. The van der Waals surface area contributed by atoms with Crippen molar-refractivity contribution >= 4 is 16.8 Å². The Balaban J connectivity index is 2.03. The van der Waals surface area contributed by atoms with Gasteiger partial charge in [-0.05, 0) is 25.5 Å². The fourth-order valence-corrected chi connectivity index (χ4v) is 2.26. The summed E-state index contributed by atoms with van der Waals surface area (Å²) in [5, 5.41) is 11.0. The van der Waals surface area contributed by atoms with Crippen LogP contribution < -0.4 is 4.90 Å². The van der Waals surface area contributed by atoms with Gasteiger partial charge in [-0.15, -0.1) is 0 Å². The second-order valence-electron chi connectivity index (χ2n) is 4.64. The fraction of sp³-hybridized carbons (Fsp3) is 0.417. The molecule has 2 aromatic rings. The van der Waals surface area contributed by atoms with Crippen LogP contribution in [0.4, 0.5) is 5.82 Å². The van der Waals surface area contributed by atoms with Gasteiger partial charge in [0.05, 0.1) is 17.3 Å². The maximum Gasteiger partial charge on any atom is 0.139 e. The van der Waals surface area contributed by atoms with Crippen molar-refractivity contribution in [1.29, 1.82) is 0 Å². The Morgan fingerprint density at radius 1 is 1.50 bits per heavy atom. The average Bonchev–Trinajstić information content (AvgIpc) is 2.83. The molecule has 1 saturated heterocycles. The molecule has 4 nitrogen and oxygen atoms in total. The number of aromatic nitrogens is 1. The van der Waals surface area contributed by atoms with Crippen molar-refractivity contribution in [1.82, 2.24) is 4.98 Å². The van der Waals surface area contributed by atoms with Gasteiger partial charge in [-0.25, -0.2) is 4.98 Å².